The Balaban J connectivity index is 1.29. The lowest BCUT2D eigenvalue weighted by Crippen LogP contribution is -2.30. The highest BCUT2D eigenvalue weighted by atomic mass is 35.5. The van der Waals surface area contributed by atoms with E-state index in [2.05, 4.69) is 15.2 Å². The van der Waals surface area contributed by atoms with Crippen LogP contribution >= 0.6 is 11.6 Å². The largest absolute Gasteiger partial charge is 0.488 e. The molecule has 1 amide bonds. The van der Waals surface area contributed by atoms with Crippen molar-refractivity contribution < 1.29 is 23.1 Å². The van der Waals surface area contributed by atoms with Crippen LogP contribution in [-0.2, 0) is 29.4 Å². The maximum absolute atomic E-state index is 13.6. The zero-order valence-electron chi connectivity index (χ0n) is 25.9. The summed E-state index contributed by atoms with van der Waals surface area (Å²) in [5.41, 5.74) is 3.79. The number of rotatable bonds is 14. The van der Waals surface area contributed by atoms with E-state index in [1.807, 2.05) is 60.7 Å². The number of carbonyl (C=O) groups excluding carboxylic acids is 1. The molecule has 4 aromatic carbocycles. The molecule has 0 saturated heterocycles. The number of amides is 1. The van der Waals surface area contributed by atoms with Crippen molar-refractivity contribution in [3.8, 4) is 5.75 Å². The average Bonchev–Trinajstić information content (AvgIpc) is 3.10. The molecule has 5 rings (SSSR count). The van der Waals surface area contributed by atoms with Gasteiger partial charge in [-0.25, -0.2) is 13.4 Å². The lowest BCUT2D eigenvalue weighted by molar-refractivity contribution is 0.0958. The first-order chi connectivity index (χ1) is 22.7. The number of hydrogen-bond donors (Lipinski definition) is 2. The predicted octanol–water partition coefficient (Wildman–Crippen LogP) is 6.28. The van der Waals surface area contributed by atoms with Gasteiger partial charge in [0.2, 0.25) is 9.84 Å². The van der Waals surface area contributed by atoms with E-state index < -0.39 is 21.8 Å². The molecule has 0 aliphatic carbocycles. The number of carbonyl (C=O) groups is 1. The highest BCUT2D eigenvalue weighted by molar-refractivity contribution is 7.91. The first-order valence-electron chi connectivity index (χ1n) is 15.2. The normalized spacial score (nSPS) is 12.1. The Hall–Kier alpha value is -4.54. The minimum Gasteiger partial charge on any atom is -0.488 e. The van der Waals surface area contributed by atoms with Crippen molar-refractivity contribution in [2.75, 3.05) is 20.1 Å². The van der Waals surface area contributed by atoms with Gasteiger partial charge in [-0.1, -0.05) is 90.5 Å². The smallest absolute Gasteiger partial charge is 0.254 e. The van der Waals surface area contributed by atoms with Crippen LogP contribution in [0.1, 0.15) is 38.7 Å². The van der Waals surface area contributed by atoms with E-state index >= 15 is 0 Å². The van der Waals surface area contributed by atoms with Crippen molar-refractivity contribution in [3.63, 3.8) is 0 Å². The first-order valence-corrected chi connectivity index (χ1v) is 17.0. The molecular formula is C37H36ClN3O5S. The second kappa shape index (κ2) is 15.8. The number of benzene rings is 4. The quantitative estimate of drug-likeness (QED) is 0.134. The van der Waals surface area contributed by atoms with Crippen LogP contribution in [0.3, 0.4) is 0 Å². The zero-order chi connectivity index (χ0) is 33.2. The number of pyridine rings is 1. The number of ether oxygens (including phenoxy) is 1. The number of hydrogen-bond acceptors (Lipinski definition) is 7. The van der Waals surface area contributed by atoms with Crippen LogP contribution in [-0.4, -0.2) is 49.5 Å². The molecule has 5 aromatic rings. The van der Waals surface area contributed by atoms with Crippen LogP contribution < -0.4 is 10.1 Å². The maximum atomic E-state index is 13.6. The minimum absolute atomic E-state index is 0.00405. The summed E-state index contributed by atoms with van der Waals surface area (Å²) in [5.74, 6) is -0.155. The zero-order valence-corrected chi connectivity index (χ0v) is 27.5. The highest BCUT2D eigenvalue weighted by Gasteiger charge is 2.22. The summed E-state index contributed by atoms with van der Waals surface area (Å²) in [4.78, 5) is 19.1. The summed E-state index contributed by atoms with van der Waals surface area (Å²) in [6.07, 6.45) is 1.45. The minimum atomic E-state index is -3.92. The van der Waals surface area contributed by atoms with E-state index in [0.29, 0.717) is 42.5 Å². The van der Waals surface area contributed by atoms with E-state index in [1.165, 1.54) is 25.2 Å². The Morgan fingerprint density at radius 1 is 0.872 bits per heavy atom. The molecule has 0 aliphatic heterocycles. The van der Waals surface area contributed by atoms with Gasteiger partial charge in [-0.2, -0.15) is 0 Å². The van der Waals surface area contributed by atoms with Crippen molar-refractivity contribution in [3.05, 3.63) is 154 Å². The fourth-order valence-electron chi connectivity index (χ4n) is 5.12. The third kappa shape index (κ3) is 9.05. The number of nitrogens with one attached hydrogen (secondary N) is 1. The molecular weight excluding hydrogens is 634 g/mol. The number of aromatic nitrogens is 1. The molecule has 0 unspecified atom stereocenters. The van der Waals surface area contributed by atoms with Crippen molar-refractivity contribution >= 4 is 27.3 Å². The fourth-order valence-corrected chi connectivity index (χ4v) is 6.52. The van der Waals surface area contributed by atoms with Crippen molar-refractivity contribution in [1.82, 2.24) is 15.2 Å². The van der Waals surface area contributed by atoms with Gasteiger partial charge in [0.15, 0.2) is 0 Å². The third-order valence-corrected chi connectivity index (χ3v) is 9.73. The van der Waals surface area contributed by atoms with Gasteiger partial charge in [0, 0.05) is 38.4 Å². The summed E-state index contributed by atoms with van der Waals surface area (Å²) < 4.78 is 33.1. The summed E-state index contributed by atoms with van der Waals surface area (Å²) in [7, 11) is -2.43. The second-order valence-corrected chi connectivity index (χ2v) is 13.4. The summed E-state index contributed by atoms with van der Waals surface area (Å²) in [5, 5.41) is 13.9. The molecule has 2 N–H and O–H groups in total. The van der Waals surface area contributed by atoms with Gasteiger partial charge in [0.1, 0.15) is 17.5 Å². The molecule has 0 radical (unpaired) electrons. The second-order valence-electron chi connectivity index (χ2n) is 11.1. The summed E-state index contributed by atoms with van der Waals surface area (Å²) >= 11 is 5.92. The molecule has 10 heteroatoms. The molecule has 0 bridgehead atoms. The molecule has 0 spiro atoms. The molecule has 1 aromatic heterocycles. The average molecular weight is 670 g/mol. The van der Waals surface area contributed by atoms with Gasteiger partial charge in [-0.05, 0) is 59.5 Å². The van der Waals surface area contributed by atoms with Crippen LogP contribution in [0.2, 0.25) is 5.15 Å². The van der Waals surface area contributed by atoms with Crippen molar-refractivity contribution in [1.29, 1.82) is 0 Å². The molecule has 8 nitrogen and oxygen atoms in total. The summed E-state index contributed by atoms with van der Waals surface area (Å²) in [6.45, 7) is 1.87. The summed E-state index contributed by atoms with van der Waals surface area (Å²) in [6, 6.07) is 34.0. The van der Waals surface area contributed by atoms with Gasteiger partial charge < -0.3 is 15.2 Å². The Morgan fingerprint density at radius 3 is 2.17 bits per heavy atom. The topological polar surface area (TPSA) is 109 Å². The van der Waals surface area contributed by atoms with Gasteiger partial charge in [-0.15, -0.1) is 0 Å². The standard InChI is InChI=1S/C37H36ClN3O5S/c1-39-37(43)33-22-32(17-18-35(33)46-26-29-10-6-3-7-11-29)47(44,45)31-15-12-27(13-16-31)20-21-41(24-28-8-4-2-5-9-28)25-34(42)30-14-19-36(38)40-23-30/h2-19,22-23,34,42H,20-21,24-26H2,1H3,(H,39,43)/t34-/m1/s1. The number of aliphatic hydroxyl groups excluding tert-OH is 1. The van der Waals surface area contributed by atoms with Crippen molar-refractivity contribution in [2.24, 2.45) is 0 Å². The van der Waals surface area contributed by atoms with Crippen molar-refractivity contribution in [2.45, 2.75) is 35.5 Å². The van der Waals surface area contributed by atoms with Gasteiger partial charge in [0.05, 0.1) is 21.5 Å². The van der Waals surface area contributed by atoms with E-state index in [0.717, 1.165) is 16.7 Å². The highest BCUT2D eigenvalue weighted by Crippen LogP contribution is 2.28. The van der Waals surface area contributed by atoms with Crippen LogP contribution in [0, 0.1) is 0 Å². The van der Waals surface area contributed by atoms with E-state index in [-0.39, 0.29) is 22.0 Å². The number of aliphatic hydroxyl groups is 1. The van der Waals surface area contributed by atoms with E-state index in [1.54, 1.807) is 42.6 Å². The molecule has 1 heterocycles. The Kier molecular flexibility index (Phi) is 11.4. The molecule has 0 saturated carbocycles. The van der Waals surface area contributed by atoms with Gasteiger partial charge >= 0.3 is 0 Å². The number of nitrogens with zero attached hydrogens (tertiary/aromatic N) is 2. The van der Waals surface area contributed by atoms with Crippen LogP contribution in [0.5, 0.6) is 5.75 Å². The van der Waals surface area contributed by atoms with Gasteiger partial charge in [0.25, 0.3) is 5.91 Å². The molecule has 0 aliphatic rings. The first kappa shape index (κ1) is 33.8. The number of halogens is 1. The SMILES string of the molecule is CNC(=O)c1cc(S(=O)(=O)c2ccc(CCN(Cc3ccccc3)C[C@@H](O)c3ccc(Cl)nc3)cc2)ccc1OCc1ccccc1. The maximum Gasteiger partial charge on any atom is 0.254 e. The lowest BCUT2D eigenvalue weighted by Gasteiger charge is -2.25. The Bertz CT molecular complexity index is 1870. The molecule has 1 atom stereocenters. The van der Waals surface area contributed by atoms with Crippen LogP contribution in [0.15, 0.2) is 131 Å². The Labute approximate surface area is 280 Å². The van der Waals surface area contributed by atoms with Gasteiger partial charge in [-0.3, -0.25) is 9.69 Å². The van der Waals surface area contributed by atoms with Crippen LogP contribution in [0.25, 0.3) is 0 Å². The van der Waals surface area contributed by atoms with Crippen LogP contribution in [0.4, 0.5) is 0 Å². The Morgan fingerprint density at radius 2 is 1.53 bits per heavy atom. The van der Waals surface area contributed by atoms with E-state index in [4.69, 9.17) is 16.3 Å². The fraction of sp³-hybridized carbons (Fsp3) is 0.189. The number of sulfone groups is 1. The third-order valence-electron chi connectivity index (χ3n) is 7.74. The molecule has 242 valence electrons. The van der Waals surface area contributed by atoms with E-state index in [9.17, 15) is 18.3 Å². The molecule has 47 heavy (non-hydrogen) atoms. The predicted molar refractivity (Wildman–Crippen MR) is 182 cm³/mol. The molecule has 0 fully saturated rings. The monoisotopic (exact) mass is 669 g/mol. The lowest BCUT2D eigenvalue weighted by atomic mass is 10.1.